The van der Waals surface area contributed by atoms with Crippen LogP contribution in [-0.2, 0) is 0 Å². The number of para-hydroxylation sites is 1. The van der Waals surface area contributed by atoms with E-state index in [9.17, 15) is 0 Å². The number of hydrogen-bond acceptors (Lipinski definition) is 3. The van der Waals surface area contributed by atoms with E-state index in [-0.39, 0.29) is 6.61 Å². The van der Waals surface area contributed by atoms with Gasteiger partial charge in [0, 0.05) is 33.2 Å². The number of fused-ring (bicyclic) bond motifs is 8. The van der Waals surface area contributed by atoms with Gasteiger partial charge >= 0.3 is 0 Å². The molecule has 0 saturated heterocycles. The molecule has 0 fully saturated rings. The number of nitrogens with one attached hydrogen (secondary N) is 2. The first kappa shape index (κ1) is 19.8. The first-order valence-electron chi connectivity index (χ1n) is 11.0. The Morgan fingerprint density at radius 3 is 2.15 bits per heavy atom. The zero-order valence-corrected chi connectivity index (χ0v) is 18.2. The summed E-state index contributed by atoms with van der Waals surface area (Å²) < 4.78 is 5.88. The Kier molecular flexibility index (Phi) is 4.82. The Bertz CT molecular complexity index is 1680. The molecule has 0 spiro atoms. The van der Waals surface area contributed by atoms with Crippen LogP contribution in [0.2, 0.25) is 0 Å². The normalized spacial score (nSPS) is 12.0. The lowest BCUT2D eigenvalue weighted by Gasteiger charge is -2.10. The molecule has 2 aliphatic heterocycles. The van der Waals surface area contributed by atoms with Crippen molar-refractivity contribution < 1.29 is 4.74 Å². The molecule has 8 bridgehead atoms. The van der Waals surface area contributed by atoms with Crippen molar-refractivity contribution in [2.24, 2.45) is 0 Å². The van der Waals surface area contributed by atoms with Crippen molar-refractivity contribution in [3.63, 3.8) is 0 Å². The van der Waals surface area contributed by atoms with Gasteiger partial charge in [0.1, 0.15) is 12.4 Å². The van der Waals surface area contributed by atoms with Gasteiger partial charge in [-0.3, -0.25) is 0 Å². The molecule has 5 nitrogen and oxygen atoms in total. The zero-order valence-electron chi connectivity index (χ0n) is 18.2. The fourth-order valence-electron chi connectivity index (χ4n) is 4.21. The van der Waals surface area contributed by atoms with Crippen LogP contribution in [0.25, 0.3) is 57.5 Å². The van der Waals surface area contributed by atoms with Crippen LogP contribution < -0.4 is 4.74 Å². The topological polar surface area (TPSA) is 66.6 Å². The Balaban J connectivity index is 1.69. The molecule has 162 valence electrons. The molecular formula is C29H20N4O. The van der Waals surface area contributed by atoms with Crippen LogP contribution >= 0.6 is 0 Å². The monoisotopic (exact) mass is 440 g/mol. The van der Waals surface area contributed by atoms with Crippen molar-refractivity contribution >= 4 is 46.4 Å². The van der Waals surface area contributed by atoms with Gasteiger partial charge in [-0.1, -0.05) is 24.1 Å². The van der Waals surface area contributed by atoms with E-state index in [1.807, 2.05) is 85.0 Å². The minimum atomic E-state index is 0.193. The van der Waals surface area contributed by atoms with Crippen molar-refractivity contribution in [1.82, 2.24) is 19.9 Å². The molecule has 0 atom stereocenters. The van der Waals surface area contributed by atoms with E-state index >= 15 is 0 Å². The highest BCUT2D eigenvalue weighted by Crippen LogP contribution is 2.36. The SMILES string of the molecule is C#CCOc1ccccc1-c1c2nc(cc3ccc(cc4nc(cc5ccc1[nH]5)C=C4)[nH]3)C=C2. The second-order valence-corrected chi connectivity index (χ2v) is 8.04. The van der Waals surface area contributed by atoms with E-state index in [2.05, 4.69) is 22.0 Å². The van der Waals surface area contributed by atoms with Crippen LogP contribution in [0.15, 0.2) is 66.7 Å². The number of benzene rings is 1. The minimum absolute atomic E-state index is 0.193. The molecule has 6 rings (SSSR count). The first-order valence-corrected chi connectivity index (χ1v) is 11.0. The summed E-state index contributed by atoms with van der Waals surface area (Å²) in [5.41, 5.74) is 9.20. The second kappa shape index (κ2) is 8.27. The summed E-state index contributed by atoms with van der Waals surface area (Å²) in [6, 6.07) is 22.2. The average Bonchev–Trinajstić information content (AvgIpc) is 3.64. The molecule has 1 aromatic carbocycles. The summed E-state index contributed by atoms with van der Waals surface area (Å²) in [4.78, 5) is 16.6. The molecule has 0 aliphatic carbocycles. The van der Waals surface area contributed by atoms with E-state index in [1.54, 1.807) is 0 Å². The van der Waals surface area contributed by atoms with Gasteiger partial charge in [-0.2, -0.15) is 0 Å². The minimum Gasteiger partial charge on any atom is -0.480 e. The third-order valence-corrected chi connectivity index (χ3v) is 5.69. The quantitative estimate of drug-likeness (QED) is 0.316. The molecule has 0 radical (unpaired) electrons. The molecule has 2 aliphatic rings. The summed E-state index contributed by atoms with van der Waals surface area (Å²) in [7, 11) is 0. The zero-order chi connectivity index (χ0) is 22.9. The van der Waals surface area contributed by atoms with E-state index in [1.165, 1.54) is 0 Å². The largest absolute Gasteiger partial charge is 0.480 e. The molecule has 4 aromatic rings. The van der Waals surface area contributed by atoms with E-state index in [0.29, 0.717) is 5.75 Å². The number of aromatic nitrogens is 4. The molecule has 0 unspecified atom stereocenters. The number of terminal acetylenes is 1. The van der Waals surface area contributed by atoms with Gasteiger partial charge in [0.2, 0.25) is 0 Å². The Morgan fingerprint density at radius 2 is 1.38 bits per heavy atom. The maximum absolute atomic E-state index is 5.88. The Labute approximate surface area is 196 Å². The highest BCUT2D eigenvalue weighted by atomic mass is 16.5. The number of aromatic amines is 2. The molecule has 0 amide bonds. The number of ether oxygens (including phenoxy) is 1. The molecule has 5 heteroatoms. The van der Waals surface area contributed by atoms with Crippen LogP contribution in [0, 0.1) is 12.3 Å². The molecule has 34 heavy (non-hydrogen) atoms. The lowest BCUT2D eigenvalue weighted by Crippen LogP contribution is -1.96. The number of H-pyrrole nitrogens is 2. The second-order valence-electron chi connectivity index (χ2n) is 8.04. The lowest BCUT2D eigenvalue weighted by molar-refractivity contribution is 0.372. The summed E-state index contributed by atoms with van der Waals surface area (Å²) in [6.45, 7) is 0.193. The van der Waals surface area contributed by atoms with Gasteiger partial charge in [-0.25, -0.2) is 9.97 Å². The Hall–Kier alpha value is -4.82. The van der Waals surface area contributed by atoms with Crippen LogP contribution in [0.1, 0.15) is 22.8 Å². The Morgan fingerprint density at radius 1 is 0.735 bits per heavy atom. The molecule has 3 aromatic heterocycles. The third-order valence-electron chi connectivity index (χ3n) is 5.69. The molecule has 2 N–H and O–H groups in total. The number of nitrogens with zero attached hydrogens (tertiary/aromatic N) is 2. The number of hydrogen-bond donors (Lipinski definition) is 2. The van der Waals surface area contributed by atoms with Gasteiger partial charge in [0.05, 0.1) is 22.8 Å². The van der Waals surface area contributed by atoms with Crippen molar-refractivity contribution in [3.8, 4) is 29.2 Å². The first-order chi connectivity index (χ1) is 16.7. The van der Waals surface area contributed by atoms with Crippen molar-refractivity contribution in [2.45, 2.75) is 0 Å². The fraction of sp³-hybridized carbons (Fsp3) is 0.0345. The summed E-state index contributed by atoms with van der Waals surface area (Å²) >= 11 is 0. The van der Waals surface area contributed by atoms with Gasteiger partial charge in [0.15, 0.2) is 0 Å². The third kappa shape index (κ3) is 3.78. The summed E-state index contributed by atoms with van der Waals surface area (Å²) in [5, 5.41) is 0. The van der Waals surface area contributed by atoms with Crippen molar-refractivity contribution in [2.75, 3.05) is 6.61 Å². The maximum atomic E-state index is 5.88. The van der Waals surface area contributed by atoms with E-state index in [0.717, 1.165) is 56.0 Å². The van der Waals surface area contributed by atoms with E-state index in [4.69, 9.17) is 21.1 Å². The van der Waals surface area contributed by atoms with Crippen LogP contribution in [0.4, 0.5) is 0 Å². The average molecular weight is 441 g/mol. The van der Waals surface area contributed by atoms with Gasteiger partial charge < -0.3 is 14.7 Å². The van der Waals surface area contributed by atoms with Gasteiger partial charge in [-0.15, -0.1) is 6.42 Å². The van der Waals surface area contributed by atoms with Gasteiger partial charge in [0.25, 0.3) is 0 Å². The summed E-state index contributed by atoms with van der Waals surface area (Å²) in [6.07, 6.45) is 13.5. The van der Waals surface area contributed by atoms with Gasteiger partial charge in [-0.05, 0) is 72.8 Å². The number of rotatable bonds is 3. The van der Waals surface area contributed by atoms with Crippen LogP contribution in [-0.4, -0.2) is 26.5 Å². The molecule has 5 heterocycles. The lowest BCUT2D eigenvalue weighted by atomic mass is 10.0. The highest BCUT2D eigenvalue weighted by Gasteiger charge is 2.14. The smallest absolute Gasteiger partial charge is 0.148 e. The standard InChI is InChI=1S/C29H20N4O/c1-2-15-34-28-6-4-3-5-25(28)29-26-13-11-23(32-26)17-21-9-7-19(30-21)16-20-8-10-22(31-20)18-24-12-14-27(29)33-24/h1,3-14,16-18,30,33H,15H2. The molecular weight excluding hydrogens is 420 g/mol. The predicted molar refractivity (Wildman–Crippen MR) is 139 cm³/mol. The van der Waals surface area contributed by atoms with E-state index < -0.39 is 0 Å². The molecule has 0 saturated carbocycles. The van der Waals surface area contributed by atoms with Crippen molar-refractivity contribution in [3.05, 3.63) is 89.5 Å². The van der Waals surface area contributed by atoms with Crippen molar-refractivity contribution in [1.29, 1.82) is 0 Å². The predicted octanol–water partition coefficient (Wildman–Crippen LogP) is 6.33. The summed E-state index contributed by atoms with van der Waals surface area (Å²) in [5.74, 6) is 3.26. The maximum Gasteiger partial charge on any atom is 0.148 e. The fourth-order valence-corrected chi connectivity index (χ4v) is 4.21. The highest BCUT2D eigenvalue weighted by molar-refractivity contribution is 5.93. The van der Waals surface area contributed by atoms with Crippen LogP contribution in [0.3, 0.4) is 0 Å². The van der Waals surface area contributed by atoms with Crippen LogP contribution in [0.5, 0.6) is 5.75 Å².